The summed E-state index contributed by atoms with van der Waals surface area (Å²) in [6.45, 7) is 2.43. The first-order valence-electron chi connectivity index (χ1n) is 6.30. The Labute approximate surface area is 124 Å². The molecule has 0 saturated carbocycles. The molecule has 1 heterocycles. The van der Waals surface area contributed by atoms with Gasteiger partial charge in [-0.25, -0.2) is 4.39 Å². The third-order valence-electron chi connectivity index (χ3n) is 2.70. The molecule has 2 N–H and O–H groups in total. The fourth-order valence-corrected chi connectivity index (χ4v) is 2.55. The van der Waals surface area contributed by atoms with Crippen LogP contribution in [0.3, 0.4) is 0 Å². The first-order chi connectivity index (χ1) is 10.0. The minimum Gasteiger partial charge on any atom is -0.507 e. The number of carbonyl (C=O) groups is 1. The fourth-order valence-electron chi connectivity index (χ4n) is 1.87. The van der Waals surface area contributed by atoms with Gasteiger partial charge in [0.05, 0.1) is 11.3 Å². The number of aromatic hydroxyl groups is 1. The second kappa shape index (κ2) is 6.57. The van der Waals surface area contributed by atoms with Crippen molar-refractivity contribution < 1.29 is 19.4 Å². The van der Waals surface area contributed by atoms with Crippen LogP contribution in [0.15, 0.2) is 23.4 Å². The predicted octanol–water partition coefficient (Wildman–Crippen LogP) is 2.38. The van der Waals surface area contributed by atoms with E-state index in [1.165, 1.54) is 18.2 Å². The summed E-state index contributed by atoms with van der Waals surface area (Å²) in [7, 11) is 0. The molecular formula is C13H14FN3O3S. The maximum atomic E-state index is 13.9. The number of phenolic OH excluding ortho intramolecular Hbond substituents is 1. The molecule has 0 radical (unpaired) electrons. The number of aliphatic carboxylic acids is 1. The number of hydrogen-bond acceptors (Lipinski definition) is 5. The summed E-state index contributed by atoms with van der Waals surface area (Å²) in [4.78, 5) is 10.6. The lowest BCUT2D eigenvalue weighted by atomic mass is 10.1. The van der Waals surface area contributed by atoms with Crippen LogP contribution in [0.25, 0.3) is 11.4 Å². The van der Waals surface area contributed by atoms with E-state index >= 15 is 0 Å². The summed E-state index contributed by atoms with van der Waals surface area (Å²) >= 11 is 1.01. The normalized spacial score (nSPS) is 10.8. The number of carboxylic acid groups (broad SMARTS) is 1. The molecule has 2 aromatic rings. The summed E-state index contributed by atoms with van der Waals surface area (Å²) in [5.74, 6) is -1.77. The smallest absolute Gasteiger partial charge is 0.313 e. The Balaban J connectivity index is 2.46. The van der Waals surface area contributed by atoms with Crippen LogP contribution in [0.5, 0.6) is 5.75 Å². The summed E-state index contributed by atoms with van der Waals surface area (Å²) in [6, 6.07) is 3.99. The average molecular weight is 311 g/mol. The standard InChI is InChI=1S/C13H14FN3O3S/c1-2-6-17-12(11-8(14)4-3-5-9(11)18)15-16-13(17)21-7-10(19)20/h3-5,18H,2,6-7H2,1H3,(H,19,20). The molecular weight excluding hydrogens is 297 g/mol. The van der Waals surface area contributed by atoms with E-state index < -0.39 is 11.8 Å². The Kier molecular flexibility index (Phi) is 4.79. The van der Waals surface area contributed by atoms with E-state index in [-0.39, 0.29) is 22.9 Å². The van der Waals surface area contributed by atoms with E-state index in [0.29, 0.717) is 11.7 Å². The van der Waals surface area contributed by atoms with Crippen molar-refractivity contribution in [1.29, 1.82) is 0 Å². The van der Waals surface area contributed by atoms with Gasteiger partial charge < -0.3 is 14.8 Å². The molecule has 0 aliphatic heterocycles. The lowest BCUT2D eigenvalue weighted by Gasteiger charge is -2.10. The van der Waals surface area contributed by atoms with Crippen LogP contribution in [0.1, 0.15) is 13.3 Å². The van der Waals surface area contributed by atoms with Crippen molar-refractivity contribution >= 4 is 17.7 Å². The zero-order valence-electron chi connectivity index (χ0n) is 11.3. The van der Waals surface area contributed by atoms with Crippen molar-refractivity contribution in [3.63, 3.8) is 0 Å². The minimum atomic E-state index is -0.971. The molecule has 112 valence electrons. The SMILES string of the molecule is CCCn1c(SCC(=O)O)nnc1-c1c(O)cccc1F. The zero-order valence-corrected chi connectivity index (χ0v) is 12.1. The Bertz CT molecular complexity index is 640. The zero-order chi connectivity index (χ0) is 15.4. The van der Waals surface area contributed by atoms with Crippen LogP contribution in [-0.2, 0) is 11.3 Å². The summed E-state index contributed by atoms with van der Waals surface area (Å²) in [6.07, 6.45) is 0.737. The van der Waals surface area contributed by atoms with Gasteiger partial charge in [0.25, 0.3) is 0 Å². The van der Waals surface area contributed by atoms with Gasteiger partial charge in [-0.2, -0.15) is 0 Å². The molecule has 0 aliphatic carbocycles. The highest BCUT2D eigenvalue weighted by atomic mass is 32.2. The van der Waals surface area contributed by atoms with Gasteiger partial charge in [0.2, 0.25) is 0 Å². The predicted molar refractivity (Wildman–Crippen MR) is 75.7 cm³/mol. The van der Waals surface area contributed by atoms with Gasteiger partial charge in [-0.05, 0) is 18.6 Å². The molecule has 2 rings (SSSR count). The van der Waals surface area contributed by atoms with E-state index in [4.69, 9.17) is 5.11 Å². The topological polar surface area (TPSA) is 88.2 Å². The van der Waals surface area contributed by atoms with Crippen LogP contribution in [0, 0.1) is 5.82 Å². The average Bonchev–Trinajstić information content (AvgIpc) is 2.80. The van der Waals surface area contributed by atoms with E-state index in [9.17, 15) is 14.3 Å². The molecule has 21 heavy (non-hydrogen) atoms. The maximum Gasteiger partial charge on any atom is 0.313 e. The van der Waals surface area contributed by atoms with Crippen molar-refractivity contribution in [3.8, 4) is 17.1 Å². The largest absolute Gasteiger partial charge is 0.507 e. The number of halogens is 1. The van der Waals surface area contributed by atoms with E-state index in [1.54, 1.807) is 4.57 Å². The Morgan fingerprint density at radius 1 is 1.43 bits per heavy atom. The molecule has 0 amide bonds. The second-order valence-corrected chi connectivity index (χ2v) is 5.22. The summed E-state index contributed by atoms with van der Waals surface area (Å²) in [5, 5.41) is 26.8. The third-order valence-corrected chi connectivity index (χ3v) is 3.66. The van der Waals surface area contributed by atoms with Gasteiger partial charge >= 0.3 is 5.97 Å². The van der Waals surface area contributed by atoms with Crippen LogP contribution in [0.4, 0.5) is 4.39 Å². The molecule has 0 fully saturated rings. The molecule has 0 saturated heterocycles. The number of nitrogens with zero attached hydrogens (tertiary/aromatic N) is 3. The van der Waals surface area contributed by atoms with Gasteiger partial charge in [-0.15, -0.1) is 10.2 Å². The highest BCUT2D eigenvalue weighted by Gasteiger charge is 2.20. The first-order valence-corrected chi connectivity index (χ1v) is 7.28. The number of hydrogen-bond donors (Lipinski definition) is 2. The minimum absolute atomic E-state index is 0.0272. The van der Waals surface area contributed by atoms with Crippen LogP contribution in [-0.4, -0.2) is 36.7 Å². The highest BCUT2D eigenvalue weighted by Crippen LogP contribution is 2.32. The van der Waals surface area contributed by atoms with Crippen LogP contribution >= 0.6 is 11.8 Å². The Morgan fingerprint density at radius 3 is 2.81 bits per heavy atom. The molecule has 0 atom stereocenters. The summed E-state index contributed by atoms with van der Waals surface area (Å²) < 4.78 is 15.6. The van der Waals surface area contributed by atoms with Crippen molar-refractivity contribution in [2.24, 2.45) is 0 Å². The molecule has 6 nitrogen and oxygen atoms in total. The van der Waals surface area contributed by atoms with Gasteiger partial charge in [-0.3, -0.25) is 4.79 Å². The van der Waals surface area contributed by atoms with E-state index in [2.05, 4.69) is 10.2 Å². The second-order valence-electron chi connectivity index (χ2n) is 4.27. The van der Waals surface area contributed by atoms with E-state index in [1.807, 2.05) is 6.92 Å². The quantitative estimate of drug-likeness (QED) is 0.796. The van der Waals surface area contributed by atoms with Crippen LogP contribution in [0.2, 0.25) is 0 Å². The first kappa shape index (κ1) is 15.3. The Morgan fingerprint density at radius 2 is 2.19 bits per heavy atom. The highest BCUT2D eigenvalue weighted by molar-refractivity contribution is 7.99. The van der Waals surface area contributed by atoms with Gasteiger partial charge in [0.15, 0.2) is 11.0 Å². The van der Waals surface area contributed by atoms with Crippen molar-refractivity contribution in [3.05, 3.63) is 24.0 Å². The number of carboxylic acids is 1. The molecule has 0 unspecified atom stereocenters. The number of rotatable bonds is 6. The summed E-state index contributed by atoms with van der Waals surface area (Å²) in [5.41, 5.74) is -0.0272. The number of phenols is 1. The number of aromatic nitrogens is 3. The van der Waals surface area contributed by atoms with Gasteiger partial charge in [0, 0.05) is 6.54 Å². The molecule has 0 bridgehead atoms. The molecule has 8 heteroatoms. The molecule has 0 spiro atoms. The van der Waals surface area contributed by atoms with Crippen molar-refractivity contribution in [1.82, 2.24) is 14.8 Å². The van der Waals surface area contributed by atoms with E-state index in [0.717, 1.165) is 18.2 Å². The maximum absolute atomic E-state index is 13.9. The van der Waals surface area contributed by atoms with Gasteiger partial charge in [-0.1, -0.05) is 24.8 Å². The monoisotopic (exact) mass is 311 g/mol. The lowest BCUT2D eigenvalue weighted by Crippen LogP contribution is -2.05. The van der Waals surface area contributed by atoms with Crippen LogP contribution < -0.4 is 0 Å². The lowest BCUT2D eigenvalue weighted by molar-refractivity contribution is -0.133. The number of benzene rings is 1. The molecule has 0 aliphatic rings. The van der Waals surface area contributed by atoms with Crippen molar-refractivity contribution in [2.45, 2.75) is 25.0 Å². The molecule has 1 aromatic heterocycles. The molecule has 1 aromatic carbocycles. The fraction of sp³-hybridized carbons (Fsp3) is 0.308. The third kappa shape index (κ3) is 3.33. The Hall–Kier alpha value is -2.09. The number of thioether (sulfide) groups is 1. The van der Waals surface area contributed by atoms with Crippen molar-refractivity contribution in [2.75, 3.05) is 5.75 Å². The van der Waals surface area contributed by atoms with Gasteiger partial charge in [0.1, 0.15) is 11.6 Å².